The summed E-state index contributed by atoms with van der Waals surface area (Å²) >= 11 is 0. The van der Waals surface area contributed by atoms with E-state index >= 15 is 0 Å². The van der Waals surface area contributed by atoms with Crippen LogP contribution in [0.2, 0.25) is 0 Å². The van der Waals surface area contributed by atoms with E-state index in [2.05, 4.69) is 24.1 Å². The molecule has 1 atom stereocenters. The van der Waals surface area contributed by atoms with Gasteiger partial charge in [-0.2, -0.15) is 0 Å². The number of nitrogens with one attached hydrogen (secondary N) is 1. The Hall–Kier alpha value is -0.570. The highest BCUT2D eigenvalue weighted by Crippen LogP contribution is 2.14. The third-order valence-electron chi connectivity index (χ3n) is 2.36. The maximum Gasteiger partial charge on any atom is 0.225 e. The largest absolute Gasteiger partial charge is 0.351 e. The Balaban J connectivity index is 4.36. The van der Waals surface area contributed by atoms with Gasteiger partial charge in [-0.05, 0) is 20.0 Å². The maximum absolute atomic E-state index is 11.8. The standard InChI is InChI=1S/C12H26N2O/c1-9(2)10(8-14(6)7)13-11(15)12(3,4)5/h9-10H,8H2,1-7H3,(H,13,15). The first-order chi connectivity index (χ1) is 6.64. The van der Waals surface area contributed by atoms with Crippen LogP contribution in [0.15, 0.2) is 0 Å². The number of hydrogen-bond acceptors (Lipinski definition) is 2. The summed E-state index contributed by atoms with van der Waals surface area (Å²) in [6, 6.07) is 0.228. The lowest BCUT2D eigenvalue weighted by molar-refractivity contribution is -0.129. The number of carbonyl (C=O) groups excluding carboxylic acids is 1. The van der Waals surface area contributed by atoms with E-state index in [1.807, 2.05) is 34.9 Å². The fourth-order valence-electron chi connectivity index (χ4n) is 1.20. The van der Waals surface area contributed by atoms with Crippen molar-refractivity contribution in [3.8, 4) is 0 Å². The van der Waals surface area contributed by atoms with Gasteiger partial charge in [0.1, 0.15) is 0 Å². The molecule has 3 nitrogen and oxygen atoms in total. The first kappa shape index (κ1) is 14.4. The van der Waals surface area contributed by atoms with Gasteiger partial charge in [-0.3, -0.25) is 4.79 Å². The molecule has 90 valence electrons. The normalized spacial score (nSPS) is 14.5. The predicted octanol–water partition coefficient (Wildman–Crippen LogP) is 1.73. The lowest BCUT2D eigenvalue weighted by atomic mass is 9.94. The van der Waals surface area contributed by atoms with E-state index < -0.39 is 0 Å². The summed E-state index contributed by atoms with van der Waals surface area (Å²) in [5.74, 6) is 0.585. The number of nitrogens with zero attached hydrogens (tertiary/aromatic N) is 1. The second kappa shape index (κ2) is 5.50. The quantitative estimate of drug-likeness (QED) is 0.773. The van der Waals surface area contributed by atoms with Crippen LogP contribution in [0.5, 0.6) is 0 Å². The van der Waals surface area contributed by atoms with Crippen LogP contribution in [-0.2, 0) is 4.79 Å². The lowest BCUT2D eigenvalue weighted by Crippen LogP contribution is -2.48. The molecule has 0 aliphatic carbocycles. The molecule has 0 bridgehead atoms. The Morgan fingerprint density at radius 3 is 2.00 bits per heavy atom. The monoisotopic (exact) mass is 214 g/mol. The first-order valence-electron chi connectivity index (χ1n) is 5.60. The minimum absolute atomic E-state index is 0.128. The van der Waals surface area contributed by atoms with Crippen LogP contribution in [-0.4, -0.2) is 37.5 Å². The molecule has 0 aliphatic heterocycles. The molecule has 0 saturated heterocycles. The zero-order valence-corrected chi connectivity index (χ0v) is 11.2. The molecule has 0 spiro atoms. The van der Waals surface area contributed by atoms with E-state index in [9.17, 15) is 4.79 Å². The molecule has 1 N–H and O–H groups in total. The summed E-state index contributed by atoms with van der Waals surface area (Å²) in [4.78, 5) is 13.9. The molecule has 0 radical (unpaired) electrons. The fraction of sp³-hybridized carbons (Fsp3) is 0.917. The van der Waals surface area contributed by atoms with Gasteiger partial charge in [0.05, 0.1) is 0 Å². The van der Waals surface area contributed by atoms with Gasteiger partial charge in [-0.25, -0.2) is 0 Å². The van der Waals surface area contributed by atoms with E-state index in [4.69, 9.17) is 0 Å². The van der Waals surface area contributed by atoms with Gasteiger partial charge >= 0.3 is 0 Å². The summed E-state index contributed by atoms with van der Waals surface area (Å²) in [6.45, 7) is 11.0. The van der Waals surface area contributed by atoms with Gasteiger partial charge in [0.15, 0.2) is 0 Å². The smallest absolute Gasteiger partial charge is 0.225 e. The van der Waals surface area contributed by atoms with Crippen LogP contribution in [0.1, 0.15) is 34.6 Å². The van der Waals surface area contributed by atoms with E-state index in [0.717, 1.165) is 6.54 Å². The highest BCUT2D eigenvalue weighted by molar-refractivity contribution is 5.81. The summed E-state index contributed by atoms with van der Waals surface area (Å²) in [7, 11) is 4.05. The summed E-state index contributed by atoms with van der Waals surface area (Å²) < 4.78 is 0. The van der Waals surface area contributed by atoms with Gasteiger partial charge < -0.3 is 10.2 Å². The zero-order valence-electron chi connectivity index (χ0n) is 11.2. The average molecular weight is 214 g/mol. The van der Waals surface area contributed by atoms with Crippen molar-refractivity contribution < 1.29 is 4.79 Å². The number of amides is 1. The van der Waals surface area contributed by atoms with E-state index in [0.29, 0.717) is 5.92 Å². The molecular weight excluding hydrogens is 188 g/mol. The molecule has 15 heavy (non-hydrogen) atoms. The van der Waals surface area contributed by atoms with Gasteiger partial charge in [-0.1, -0.05) is 34.6 Å². The van der Waals surface area contributed by atoms with Crippen LogP contribution in [0.25, 0.3) is 0 Å². The Labute approximate surface area is 94.2 Å². The van der Waals surface area contributed by atoms with Crippen LogP contribution in [0, 0.1) is 11.3 Å². The average Bonchev–Trinajstić information content (AvgIpc) is 1.99. The second-order valence-electron chi connectivity index (χ2n) is 5.84. The van der Waals surface area contributed by atoms with Gasteiger partial charge in [0.2, 0.25) is 5.91 Å². The molecule has 0 fully saturated rings. The van der Waals surface area contributed by atoms with Gasteiger partial charge in [-0.15, -0.1) is 0 Å². The molecule has 0 rings (SSSR count). The van der Waals surface area contributed by atoms with Crippen molar-refractivity contribution in [2.45, 2.75) is 40.7 Å². The van der Waals surface area contributed by atoms with Crippen LogP contribution >= 0.6 is 0 Å². The van der Waals surface area contributed by atoms with Crippen molar-refractivity contribution in [1.82, 2.24) is 10.2 Å². The van der Waals surface area contributed by atoms with E-state index in [1.54, 1.807) is 0 Å². The van der Waals surface area contributed by atoms with Gasteiger partial charge in [0, 0.05) is 18.0 Å². The number of carbonyl (C=O) groups is 1. The minimum atomic E-state index is -0.306. The Bertz CT molecular complexity index is 204. The van der Waals surface area contributed by atoms with Crippen molar-refractivity contribution in [2.75, 3.05) is 20.6 Å². The molecule has 0 saturated carbocycles. The SMILES string of the molecule is CC(C)C(CN(C)C)NC(=O)C(C)(C)C. The number of hydrogen-bond donors (Lipinski definition) is 1. The van der Waals surface area contributed by atoms with Crippen molar-refractivity contribution >= 4 is 5.91 Å². The fourth-order valence-corrected chi connectivity index (χ4v) is 1.20. The van der Waals surface area contributed by atoms with E-state index in [-0.39, 0.29) is 17.4 Å². The summed E-state index contributed by atoms with van der Waals surface area (Å²) in [6.07, 6.45) is 0. The Morgan fingerprint density at radius 2 is 1.73 bits per heavy atom. The first-order valence-corrected chi connectivity index (χ1v) is 5.60. The highest BCUT2D eigenvalue weighted by atomic mass is 16.2. The van der Waals surface area contributed by atoms with Crippen LogP contribution < -0.4 is 5.32 Å². The Morgan fingerprint density at radius 1 is 1.27 bits per heavy atom. The molecule has 0 aromatic carbocycles. The van der Waals surface area contributed by atoms with Crippen molar-refractivity contribution in [2.24, 2.45) is 11.3 Å². The topological polar surface area (TPSA) is 32.3 Å². The molecule has 1 amide bonds. The van der Waals surface area contributed by atoms with Crippen molar-refractivity contribution in [3.63, 3.8) is 0 Å². The molecule has 3 heteroatoms. The predicted molar refractivity (Wildman–Crippen MR) is 64.8 cm³/mol. The summed E-state index contributed by atoms with van der Waals surface area (Å²) in [5.41, 5.74) is -0.306. The maximum atomic E-state index is 11.8. The second-order valence-corrected chi connectivity index (χ2v) is 5.84. The minimum Gasteiger partial charge on any atom is -0.351 e. The zero-order chi connectivity index (χ0) is 12.2. The van der Waals surface area contributed by atoms with E-state index in [1.165, 1.54) is 0 Å². The molecule has 1 unspecified atom stereocenters. The van der Waals surface area contributed by atoms with Crippen LogP contribution in [0.4, 0.5) is 0 Å². The molecular formula is C12H26N2O. The third-order valence-corrected chi connectivity index (χ3v) is 2.36. The molecule has 0 aliphatic rings. The van der Waals surface area contributed by atoms with Crippen LogP contribution in [0.3, 0.4) is 0 Å². The van der Waals surface area contributed by atoms with Crippen molar-refractivity contribution in [3.05, 3.63) is 0 Å². The van der Waals surface area contributed by atoms with Gasteiger partial charge in [0.25, 0.3) is 0 Å². The summed E-state index contributed by atoms with van der Waals surface area (Å²) in [5, 5.41) is 3.11. The lowest BCUT2D eigenvalue weighted by Gasteiger charge is -2.29. The Kier molecular flexibility index (Phi) is 5.29. The number of likely N-dealkylation sites (N-methyl/N-ethyl adjacent to an activating group) is 1. The molecule has 0 aromatic rings. The highest BCUT2D eigenvalue weighted by Gasteiger charge is 2.25. The third kappa shape index (κ3) is 5.78. The molecule has 0 heterocycles. The number of rotatable bonds is 4. The van der Waals surface area contributed by atoms with Crippen molar-refractivity contribution in [1.29, 1.82) is 0 Å². The molecule has 0 aromatic heterocycles.